The smallest absolute Gasteiger partial charge is 0.317 e. The van der Waals surface area contributed by atoms with Crippen molar-refractivity contribution in [3.05, 3.63) is 95.6 Å². The van der Waals surface area contributed by atoms with Crippen LogP contribution in [-0.4, -0.2) is 34.0 Å². The lowest BCUT2D eigenvalue weighted by molar-refractivity contribution is -0.119. The average molecular weight is 453 g/mol. The van der Waals surface area contributed by atoms with Gasteiger partial charge in [0.15, 0.2) is 11.9 Å². The zero-order chi connectivity index (χ0) is 23.5. The van der Waals surface area contributed by atoms with E-state index in [1.54, 1.807) is 0 Å². The van der Waals surface area contributed by atoms with E-state index in [9.17, 15) is 4.79 Å². The van der Waals surface area contributed by atoms with Gasteiger partial charge in [-0.3, -0.25) is 9.79 Å². The van der Waals surface area contributed by atoms with Gasteiger partial charge in [0.2, 0.25) is 5.89 Å². The second kappa shape index (κ2) is 9.31. The molecule has 2 heterocycles. The second-order valence-electron chi connectivity index (χ2n) is 8.30. The van der Waals surface area contributed by atoms with Crippen molar-refractivity contribution >= 4 is 17.5 Å². The van der Waals surface area contributed by atoms with Crippen LogP contribution in [0.4, 0.5) is 6.01 Å². The molecular formula is C27H24N4O3. The molecule has 0 aliphatic carbocycles. The molecule has 0 amide bonds. The molecule has 0 fully saturated rings. The summed E-state index contributed by atoms with van der Waals surface area (Å²) in [7, 11) is 0. The number of nitrogens with one attached hydrogen (secondary N) is 1. The number of carbonyl (C=O) groups excluding carboxylic acids is 1. The summed E-state index contributed by atoms with van der Waals surface area (Å²) in [5, 5.41) is 11.3. The first kappa shape index (κ1) is 21.6. The lowest BCUT2D eigenvalue weighted by atomic mass is 9.96. The van der Waals surface area contributed by atoms with Crippen LogP contribution in [0.25, 0.3) is 11.5 Å². The van der Waals surface area contributed by atoms with Gasteiger partial charge in [-0.05, 0) is 37.6 Å². The van der Waals surface area contributed by atoms with Crippen LogP contribution in [0, 0.1) is 0 Å². The predicted molar refractivity (Wildman–Crippen MR) is 130 cm³/mol. The highest BCUT2D eigenvalue weighted by atomic mass is 16.5. The lowest BCUT2D eigenvalue weighted by Gasteiger charge is -2.12. The Hall–Kier alpha value is -4.26. The van der Waals surface area contributed by atoms with Crippen molar-refractivity contribution in [2.45, 2.75) is 32.5 Å². The Labute approximate surface area is 197 Å². The van der Waals surface area contributed by atoms with Gasteiger partial charge in [0.05, 0.1) is 11.8 Å². The summed E-state index contributed by atoms with van der Waals surface area (Å²) in [4.78, 5) is 17.9. The van der Waals surface area contributed by atoms with Crippen LogP contribution in [0.5, 0.6) is 5.75 Å². The van der Waals surface area contributed by atoms with Gasteiger partial charge in [0.1, 0.15) is 5.75 Å². The van der Waals surface area contributed by atoms with E-state index < -0.39 is 6.17 Å². The van der Waals surface area contributed by atoms with Crippen LogP contribution >= 0.6 is 0 Å². The number of fused-ring (bicyclic) bond motifs is 1. The molecule has 1 unspecified atom stereocenters. The van der Waals surface area contributed by atoms with Crippen molar-refractivity contribution in [2.75, 3.05) is 5.32 Å². The summed E-state index contributed by atoms with van der Waals surface area (Å²) >= 11 is 0. The molecule has 4 aromatic rings. The van der Waals surface area contributed by atoms with Gasteiger partial charge in [0.25, 0.3) is 0 Å². The summed E-state index contributed by atoms with van der Waals surface area (Å²) in [6.07, 6.45) is -0.549. The average Bonchev–Trinajstić information content (AvgIpc) is 3.26. The number of ether oxygens (including phenoxy) is 1. The Morgan fingerprint density at radius 2 is 1.71 bits per heavy atom. The molecule has 0 saturated carbocycles. The van der Waals surface area contributed by atoms with Crippen molar-refractivity contribution in [1.29, 1.82) is 0 Å². The fourth-order valence-corrected chi connectivity index (χ4v) is 3.89. The maximum Gasteiger partial charge on any atom is 0.317 e. The van der Waals surface area contributed by atoms with Gasteiger partial charge in [-0.1, -0.05) is 65.8 Å². The molecule has 3 aromatic carbocycles. The fraction of sp³-hybridized carbons (Fsp3) is 0.185. The maximum absolute atomic E-state index is 13.1. The molecule has 0 radical (unpaired) electrons. The third kappa shape index (κ3) is 4.59. The minimum atomic E-state index is -0.855. The van der Waals surface area contributed by atoms with Crippen LogP contribution in [0.1, 0.15) is 30.5 Å². The maximum atomic E-state index is 13.1. The molecule has 5 rings (SSSR count). The Morgan fingerprint density at radius 3 is 2.53 bits per heavy atom. The number of nitrogens with zero attached hydrogens (tertiary/aromatic N) is 3. The number of carbonyl (C=O) groups is 1. The van der Waals surface area contributed by atoms with E-state index in [2.05, 4.69) is 15.5 Å². The van der Waals surface area contributed by atoms with Gasteiger partial charge >= 0.3 is 6.01 Å². The molecule has 0 saturated heterocycles. The van der Waals surface area contributed by atoms with Crippen LogP contribution in [-0.2, 0) is 11.2 Å². The van der Waals surface area contributed by atoms with Crippen LogP contribution in [0.2, 0.25) is 0 Å². The number of hydrogen-bond acceptors (Lipinski definition) is 7. The third-order valence-corrected chi connectivity index (χ3v) is 5.39. The van der Waals surface area contributed by atoms with E-state index in [1.807, 2.05) is 92.7 Å². The fourth-order valence-electron chi connectivity index (χ4n) is 3.89. The predicted octanol–water partition coefficient (Wildman–Crippen LogP) is 4.92. The van der Waals surface area contributed by atoms with E-state index in [0.29, 0.717) is 11.6 Å². The van der Waals surface area contributed by atoms with Gasteiger partial charge < -0.3 is 14.5 Å². The quantitative estimate of drug-likeness (QED) is 0.446. The Bertz CT molecular complexity index is 1340. The molecule has 1 aliphatic rings. The SMILES string of the molecule is CC(C)Oc1cccc(-c2nnc(NC3N=C(c4ccccc4)c4ccccc4CC3=O)o2)c1. The molecule has 0 bridgehead atoms. The molecule has 1 atom stereocenters. The molecule has 34 heavy (non-hydrogen) atoms. The summed E-state index contributed by atoms with van der Waals surface area (Å²) in [5.41, 5.74) is 4.29. The molecular weight excluding hydrogens is 428 g/mol. The highest BCUT2D eigenvalue weighted by Crippen LogP contribution is 2.26. The molecule has 1 N–H and O–H groups in total. The standard InChI is InChI=1S/C27H24N4O3/c1-17(2)33-21-13-8-12-20(15-21)26-30-31-27(34-26)29-25-23(32)16-19-11-6-7-14-22(19)24(28-25)18-9-4-3-5-10-18/h3-15,17,25H,16H2,1-2H3,(H,29,31). The van der Waals surface area contributed by atoms with Gasteiger partial charge in [-0.25, -0.2) is 0 Å². The minimum absolute atomic E-state index is 0.0530. The Kier molecular flexibility index (Phi) is 5.91. The van der Waals surface area contributed by atoms with E-state index in [4.69, 9.17) is 14.1 Å². The zero-order valence-corrected chi connectivity index (χ0v) is 18.9. The van der Waals surface area contributed by atoms with Crippen molar-refractivity contribution in [3.63, 3.8) is 0 Å². The molecule has 1 aromatic heterocycles. The summed E-state index contributed by atoms with van der Waals surface area (Å²) in [6.45, 7) is 3.93. The van der Waals surface area contributed by atoms with Crippen LogP contribution in [0.3, 0.4) is 0 Å². The van der Waals surface area contributed by atoms with Gasteiger partial charge in [-0.2, -0.15) is 0 Å². The van der Waals surface area contributed by atoms with Crippen molar-refractivity contribution in [3.8, 4) is 17.2 Å². The Morgan fingerprint density at radius 1 is 0.941 bits per heavy atom. The number of aromatic nitrogens is 2. The highest BCUT2D eigenvalue weighted by molar-refractivity contribution is 6.16. The number of anilines is 1. The normalized spacial score (nSPS) is 15.4. The number of aliphatic imine (C=N–C) groups is 1. The number of ketones is 1. The molecule has 170 valence electrons. The third-order valence-electron chi connectivity index (χ3n) is 5.39. The first-order chi connectivity index (χ1) is 16.6. The highest BCUT2D eigenvalue weighted by Gasteiger charge is 2.27. The first-order valence-electron chi connectivity index (χ1n) is 11.2. The van der Waals surface area contributed by atoms with Crippen LogP contribution in [0.15, 0.2) is 88.3 Å². The molecule has 0 spiro atoms. The van der Waals surface area contributed by atoms with Gasteiger partial charge in [0, 0.05) is 23.1 Å². The zero-order valence-electron chi connectivity index (χ0n) is 18.9. The largest absolute Gasteiger partial charge is 0.491 e. The molecule has 1 aliphatic heterocycles. The lowest BCUT2D eigenvalue weighted by Crippen LogP contribution is -2.29. The monoisotopic (exact) mass is 452 g/mol. The topological polar surface area (TPSA) is 89.6 Å². The first-order valence-corrected chi connectivity index (χ1v) is 11.2. The summed E-state index contributed by atoms with van der Waals surface area (Å²) in [6, 6.07) is 25.3. The number of Topliss-reactive ketones (excluding diaryl/α,β-unsaturated/α-hetero) is 1. The van der Waals surface area contributed by atoms with E-state index in [-0.39, 0.29) is 24.3 Å². The number of benzene rings is 3. The van der Waals surface area contributed by atoms with E-state index >= 15 is 0 Å². The van der Waals surface area contributed by atoms with Gasteiger partial charge in [-0.15, -0.1) is 5.10 Å². The number of rotatable bonds is 6. The number of hydrogen-bond donors (Lipinski definition) is 1. The summed E-state index contributed by atoms with van der Waals surface area (Å²) < 4.78 is 11.6. The molecule has 7 heteroatoms. The van der Waals surface area contributed by atoms with E-state index in [0.717, 1.165) is 28.0 Å². The summed E-state index contributed by atoms with van der Waals surface area (Å²) in [5.74, 6) is 0.966. The van der Waals surface area contributed by atoms with Crippen molar-refractivity contribution in [2.24, 2.45) is 4.99 Å². The van der Waals surface area contributed by atoms with Crippen LogP contribution < -0.4 is 10.1 Å². The minimum Gasteiger partial charge on any atom is -0.491 e. The molecule has 7 nitrogen and oxygen atoms in total. The van der Waals surface area contributed by atoms with Crippen molar-refractivity contribution in [1.82, 2.24) is 10.2 Å². The second-order valence-corrected chi connectivity index (χ2v) is 8.30. The van der Waals surface area contributed by atoms with E-state index in [1.165, 1.54) is 0 Å². The Balaban J connectivity index is 1.45. The van der Waals surface area contributed by atoms with Crippen molar-refractivity contribution < 1.29 is 13.9 Å².